The van der Waals surface area contributed by atoms with Crippen LogP contribution in [0.3, 0.4) is 0 Å². The van der Waals surface area contributed by atoms with E-state index >= 15 is 0 Å². The zero-order chi connectivity index (χ0) is 16.0. The molecule has 0 atom stereocenters. The molecule has 0 saturated heterocycles. The SMILES string of the molecule is CCCN(CC(F)(F)F)c1nc(Cl)nc(N(CC)CC)n1. The van der Waals surface area contributed by atoms with Gasteiger partial charge in [0.15, 0.2) is 0 Å². The van der Waals surface area contributed by atoms with E-state index < -0.39 is 12.7 Å². The molecule has 120 valence electrons. The largest absolute Gasteiger partial charge is 0.406 e. The van der Waals surface area contributed by atoms with Gasteiger partial charge >= 0.3 is 6.18 Å². The Labute approximate surface area is 127 Å². The van der Waals surface area contributed by atoms with Crippen LogP contribution in [0.25, 0.3) is 0 Å². The fourth-order valence-electron chi connectivity index (χ4n) is 1.85. The smallest absolute Gasteiger partial charge is 0.341 e. The summed E-state index contributed by atoms with van der Waals surface area (Å²) < 4.78 is 38.0. The van der Waals surface area contributed by atoms with Crippen molar-refractivity contribution in [2.45, 2.75) is 33.4 Å². The van der Waals surface area contributed by atoms with Crippen molar-refractivity contribution < 1.29 is 13.2 Å². The lowest BCUT2D eigenvalue weighted by atomic mass is 10.4. The number of halogens is 4. The first-order valence-corrected chi connectivity index (χ1v) is 7.16. The molecule has 21 heavy (non-hydrogen) atoms. The summed E-state index contributed by atoms with van der Waals surface area (Å²) in [5, 5.41) is -0.106. The first-order valence-electron chi connectivity index (χ1n) is 6.78. The Kier molecular flexibility index (Phi) is 6.44. The average Bonchev–Trinajstić information content (AvgIpc) is 2.37. The fraction of sp³-hybridized carbons (Fsp3) is 0.750. The zero-order valence-corrected chi connectivity index (χ0v) is 13.0. The Bertz CT molecular complexity index is 451. The molecule has 1 aromatic heterocycles. The summed E-state index contributed by atoms with van der Waals surface area (Å²) in [4.78, 5) is 14.8. The number of hydrogen-bond donors (Lipinski definition) is 0. The second kappa shape index (κ2) is 7.63. The molecular weight excluding hydrogens is 307 g/mol. The summed E-state index contributed by atoms with van der Waals surface area (Å²) in [7, 11) is 0. The Morgan fingerprint density at radius 3 is 1.90 bits per heavy atom. The predicted octanol–water partition coefficient (Wildman–Crippen LogP) is 3.15. The third-order valence-corrected chi connectivity index (χ3v) is 2.95. The van der Waals surface area contributed by atoms with Gasteiger partial charge in [0, 0.05) is 19.6 Å². The van der Waals surface area contributed by atoms with Crippen LogP contribution in [0.4, 0.5) is 25.1 Å². The van der Waals surface area contributed by atoms with Gasteiger partial charge in [0.2, 0.25) is 17.2 Å². The molecule has 0 bridgehead atoms. The molecule has 0 aliphatic heterocycles. The Hall–Kier alpha value is -1.31. The number of nitrogens with zero attached hydrogens (tertiary/aromatic N) is 5. The summed E-state index contributed by atoms with van der Waals surface area (Å²) in [6.45, 7) is 5.93. The van der Waals surface area contributed by atoms with Gasteiger partial charge < -0.3 is 9.80 Å². The van der Waals surface area contributed by atoms with E-state index in [1.54, 1.807) is 11.8 Å². The highest BCUT2D eigenvalue weighted by Crippen LogP contribution is 2.22. The van der Waals surface area contributed by atoms with Gasteiger partial charge in [-0.2, -0.15) is 28.1 Å². The summed E-state index contributed by atoms with van der Waals surface area (Å²) in [6, 6.07) is 0. The van der Waals surface area contributed by atoms with E-state index in [-0.39, 0.29) is 17.8 Å². The van der Waals surface area contributed by atoms with E-state index in [1.807, 2.05) is 13.8 Å². The molecule has 5 nitrogen and oxygen atoms in total. The van der Waals surface area contributed by atoms with Crippen LogP contribution in [-0.4, -0.2) is 47.3 Å². The van der Waals surface area contributed by atoms with Gasteiger partial charge in [0.1, 0.15) is 6.54 Å². The van der Waals surface area contributed by atoms with Crippen molar-refractivity contribution in [3.8, 4) is 0 Å². The fourth-order valence-corrected chi connectivity index (χ4v) is 2.01. The van der Waals surface area contributed by atoms with E-state index in [4.69, 9.17) is 11.6 Å². The number of anilines is 2. The number of rotatable bonds is 7. The summed E-state index contributed by atoms with van der Waals surface area (Å²) in [5.41, 5.74) is 0. The second-order valence-corrected chi connectivity index (χ2v) is 4.75. The molecule has 1 heterocycles. The molecule has 1 aromatic rings. The molecule has 9 heteroatoms. The highest BCUT2D eigenvalue weighted by Gasteiger charge is 2.32. The topological polar surface area (TPSA) is 45.2 Å². The van der Waals surface area contributed by atoms with Gasteiger partial charge in [-0.05, 0) is 31.9 Å². The summed E-state index contributed by atoms with van der Waals surface area (Å²) in [5.74, 6) is 0.245. The molecule has 0 spiro atoms. The third-order valence-electron chi connectivity index (χ3n) is 2.78. The molecule has 0 N–H and O–H groups in total. The van der Waals surface area contributed by atoms with E-state index in [0.717, 1.165) is 4.90 Å². The van der Waals surface area contributed by atoms with Gasteiger partial charge in [-0.15, -0.1) is 0 Å². The third kappa shape index (κ3) is 5.53. The van der Waals surface area contributed by atoms with E-state index in [0.29, 0.717) is 25.5 Å². The lowest BCUT2D eigenvalue weighted by molar-refractivity contribution is -0.119. The molecule has 0 fully saturated rings. The molecule has 0 saturated carbocycles. The highest BCUT2D eigenvalue weighted by molar-refractivity contribution is 6.28. The molecular formula is C12H19ClF3N5. The average molecular weight is 326 g/mol. The molecule has 0 aliphatic carbocycles. The maximum absolute atomic E-state index is 12.7. The van der Waals surface area contributed by atoms with Crippen molar-refractivity contribution in [1.82, 2.24) is 15.0 Å². The summed E-state index contributed by atoms with van der Waals surface area (Å²) >= 11 is 5.83. The van der Waals surface area contributed by atoms with Crippen LogP contribution in [0.5, 0.6) is 0 Å². The predicted molar refractivity (Wildman–Crippen MR) is 77.0 cm³/mol. The molecule has 0 aliphatic rings. The van der Waals surface area contributed by atoms with Crippen LogP contribution >= 0.6 is 11.6 Å². The minimum Gasteiger partial charge on any atom is -0.341 e. The van der Waals surface area contributed by atoms with Crippen molar-refractivity contribution >= 4 is 23.5 Å². The molecule has 0 amide bonds. The monoisotopic (exact) mass is 325 g/mol. The van der Waals surface area contributed by atoms with Crippen LogP contribution in [0.1, 0.15) is 27.2 Å². The van der Waals surface area contributed by atoms with Gasteiger partial charge in [0.05, 0.1) is 0 Å². The molecule has 1 rings (SSSR count). The number of aromatic nitrogens is 3. The first-order chi connectivity index (χ1) is 9.80. The maximum Gasteiger partial charge on any atom is 0.406 e. The van der Waals surface area contributed by atoms with Crippen LogP contribution in [-0.2, 0) is 0 Å². The lowest BCUT2D eigenvalue weighted by Crippen LogP contribution is -2.36. The Balaban J connectivity index is 3.13. The van der Waals surface area contributed by atoms with Gasteiger partial charge in [0.25, 0.3) is 0 Å². The van der Waals surface area contributed by atoms with Crippen molar-refractivity contribution in [2.75, 3.05) is 36.0 Å². The van der Waals surface area contributed by atoms with Crippen molar-refractivity contribution in [1.29, 1.82) is 0 Å². The van der Waals surface area contributed by atoms with E-state index in [9.17, 15) is 13.2 Å². The second-order valence-electron chi connectivity index (χ2n) is 4.41. The normalized spacial score (nSPS) is 11.6. The minimum atomic E-state index is -4.33. The number of hydrogen-bond acceptors (Lipinski definition) is 5. The van der Waals surface area contributed by atoms with Crippen molar-refractivity contribution in [3.05, 3.63) is 5.28 Å². The first kappa shape index (κ1) is 17.7. The van der Waals surface area contributed by atoms with Gasteiger partial charge in [-0.3, -0.25) is 0 Å². The van der Waals surface area contributed by atoms with E-state index in [2.05, 4.69) is 15.0 Å². The van der Waals surface area contributed by atoms with Crippen molar-refractivity contribution in [2.24, 2.45) is 0 Å². The van der Waals surface area contributed by atoms with Crippen LogP contribution < -0.4 is 9.80 Å². The highest BCUT2D eigenvalue weighted by atomic mass is 35.5. The van der Waals surface area contributed by atoms with Crippen LogP contribution in [0.2, 0.25) is 5.28 Å². The zero-order valence-electron chi connectivity index (χ0n) is 12.3. The quantitative estimate of drug-likeness (QED) is 0.770. The molecule has 0 unspecified atom stereocenters. The van der Waals surface area contributed by atoms with Crippen molar-refractivity contribution in [3.63, 3.8) is 0 Å². The minimum absolute atomic E-state index is 0.0453. The van der Waals surface area contributed by atoms with Gasteiger partial charge in [-0.25, -0.2) is 0 Å². The molecule has 0 radical (unpaired) electrons. The Morgan fingerprint density at radius 2 is 1.48 bits per heavy atom. The molecule has 0 aromatic carbocycles. The number of alkyl halides is 3. The summed E-state index contributed by atoms with van der Waals surface area (Å²) in [6.07, 6.45) is -3.79. The van der Waals surface area contributed by atoms with Gasteiger partial charge in [-0.1, -0.05) is 6.92 Å². The Morgan fingerprint density at radius 1 is 0.952 bits per heavy atom. The maximum atomic E-state index is 12.7. The van der Waals surface area contributed by atoms with Crippen LogP contribution in [0.15, 0.2) is 0 Å². The lowest BCUT2D eigenvalue weighted by Gasteiger charge is -2.25. The standard InChI is InChI=1S/C12H19ClF3N5/c1-4-7-21(8-12(14,15)16)11-18-9(13)17-10(19-11)20(5-2)6-3/h4-8H2,1-3H3. The van der Waals surface area contributed by atoms with Crippen LogP contribution in [0, 0.1) is 0 Å². The van der Waals surface area contributed by atoms with E-state index in [1.165, 1.54) is 0 Å².